The number of rotatable bonds is 2. The van der Waals surface area contributed by atoms with E-state index in [4.69, 9.17) is 14.2 Å². The summed E-state index contributed by atoms with van der Waals surface area (Å²) in [5.74, 6) is -0.667. The normalized spacial score (nSPS) is 24.9. The summed E-state index contributed by atoms with van der Waals surface area (Å²) < 4.78 is 14.3. The molecule has 1 rings (SSSR count). The Bertz CT molecular complexity index is 61.3. The molecule has 3 nitrogen and oxygen atoms in total. The second-order valence-electron chi connectivity index (χ2n) is 1.38. The minimum absolute atomic E-state index is 0.556. The Kier molecular flexibility index (Phi) is 1.03. The van der Waals surface area contributed by atoms with Crippen molar-refractivity contribution < 1.29 is 14.2 Å². The lowest BCUT2D eigenvalue weighted by atomic mass is 10.8. The lowest BCUT2D eigenvalue weighted by Crippen LogP contribution is -2.15. The van der Waals surface area contributed by atoms with Gasteiger partial charge in [-0.25, -0.2) is 0 Å². The van der Waals surface area contributed by atoms with Crippen molar-refractivity contribution in [3.63, 3.8) is 0 Å². The van der Waals surface area contributed by atoms with Gasteiger partial charge in [0.2, 0.25) is 0 Å². The van der Waals surface area contributed by atoms with E-state index >= 15 is 0 Å². The third-order valence-electron chi connectivity index (χ3n) is 1.00. The lowest BCUT2D eigenvalue weighted by Gasteiger charge is -2.03. The van der Waals surface area contributed by atoms with Crippen molar-refractivity contribution in [2.45, 2.75) is 5.97 Å². The van der Waals surface area contributed by atoms with Crippen LogP contribution in [0.4, 0.5) is 0 Å². The molecular formula is C4H8O3. The van der Waals surface area contributed by atoms with E-state index in [1.807, 2.05) is 0 Å². The van der Waals surface area contributed by atoms with Gasteiger partial charge in [-0.15, -0.1) is 0 Å². The van der Waals surface area contributed by atoms with E-state index in [0.29, 0.717) is 6.61 Å². The van der Waals surface area contributed by atoms with E-state index in [1.54, 1.807) is 14.2 Å². The summed E-state index contributed by atoms with van der Waals surface area (Å²) in [6, 6.07) is 0. The summed E-state index contributed by atoms with van der Waals surface area (Å²) >= 11 is 0. The Balaban J connectivity index is 2.28. The smallest absolute Gasteiger partial charge is 0.307 e. The van der Waals surface area contributed by atoms with Crippen LogP contribution in [0.5, 0.6) is 0 Å². The maximum atomic E-state index is 4.75. The minimum atomic E-state index is -0.667. The first kappa shape index (κ1) is 5.03. The molecule has 1 heterocycles. The Morgan fingerprint density at radius 1 is 1.43 bits per heavy atom. The zero-order valence-corrected chi connectivity index (χ0v) is 4.43. The van der Waals surface area contributed by atoms with E-state index in [-0.39, 0.29) is 0 Å². The SMILES string of the molecule is COC1(OC)CO1. The molecule has 3 heteroatoms. The topological polar surface area (TPSA) is 31.0 Å². The minimum Gasteiger partial charge on any atom is -0.329 e. The van der Waals surface area contributed by atoms with Crippen molar-refractivity contribution in [1.82, 2.24) is 0 Å². The number of ether oxygens (including phenoxy) is 3. The summed E-state index contributed by atoms with van der Waals surface area (Å²) in [6.45, 7) is 0.556. The van der Waals surface area contributed by atoms with E-state index in [1.165, 1.54) is 0 Å². The van der Waals surface area contributed by atoms with E-state index in [2.05, 4.69) is 0 Å². The average Bonchev–Trinajstić information content (AvgIpc) is 2.46. The fraction of sp³-hybridized carbons (Fsp3) is 1.00. The van der Waals surface area contributed by atoms with Crippen LogP contribution in [0, 0.1) is 0 Å². The van der Waals surface area contributed by atoms with Gasteiger partial charge in [0, 0.05) is 14.2 Å². The number of hydrogen-bond acceptors (Lipinski definition) is 3. The van der Waals surface area contributed by atoms with E-state index in [0.717, 1.165) is 0 Å². The van der Waals surface area contributed by atoms with Gasteiger partial charge in [-0.2, -0.15) is 0 Å². The average molecular weight is 104 g/mol. The van der Waals surface area contributed by atoms with Crippen LogP contribution in [-0.2, 0) is 14.2 Å². The van der Waals surface area contributed by atoms with E-state index < -0.39 is 5.97 Å². The fourth-order valence-electron chi connectivity index (χ4n) is 0.378. The lowest BCUT2D eigenvalue weighted by molar-refractivity contribution is -0.195. The van der Waals surface area contributed by atoms with Gasteiger partial charge in [-0.05, 0) is 0 Å². The molecule has 0 radical (unpaired) electrons. The van der Waals surface area contributed by atoms with Crippen LogP contribution >= 0.6 is 0 Å². The first-order valence-corrected chi connectivity index (χ1v) is 2.07. The molecule has 0 spiro atoms. The highest BCUT2D eigenvalue weighted by Gasteiger charge is 2.46. The van der Waals surface area contributed by atoms with Crippen molar-refractivity contribution in [3.8, 4) is 0 Å². The van der Waals surface area contributed by atoms with Crippen molar-refractivity contribution in [1.29, 1.82) is 0 Å². The molecular weight excluding hydrogens is 96.0 g/mol. The second kappa shape index (κ2) is 1.43. The maximum Gasteiger partial charge on any atom is 0.307 e. The maximum absolute atomic E-state index is 4.75. The predicted molar refractivity (Wildman–Crippen MR) is 22.7 cm³/mol. The molecule has 1 saturated heterocycles. The Hall–Kier alpha value is -0.120. The molecule has 0 aromatic rings. The third kappa shape index (κ3) is 0.748. The molecule has 7 heavy (non-hydrogen) atoms. The fourth-order valence-corrected chi connectivity index (χ4v) is 0.378. The largest absolute Gasteiger partial charge is 0.329 e. The highest BCUT2D eigenvalue weighted by atomic mass is 16.9. The van der Waals surface area contributed by atoms with Gasteiger partial charge in [-0.1, -0.05) is 0 Å². The molecule has 0 unspecified atom stereocenters. The van der Waals surface area contributed by atoms with Crippen molar-refractivity contribution in [2.75, 3.05) is 20.8 Å². The first-order valence-electron chi connectivity index (χ1n) is 2.07. The van der Waals surface area contributed by atoms with Gasteiger partial charge >= 0.3 is 5.97 Å². The zero-order chi connectivity index (χ0) is 5.33. The Labute approximate surface area is 42.2 Å². The highest BCUT2D eigenvalue weighted by Crippen LogP contribution is 2.27. The summed E-state index contributed by atoms with van der Waals surface area (Å²) in [5, 5.41) is 0. The number of hydrogen-bond donors (Lipinski definition) is 0. The van der Waals surface area contributed by atoms with Crippen molar-refractivity contribution >= 4 is 0 Å². The van der Waals surface area contributed by atoms with Crippen LogP contribution in [0.15, 0.2) is 0 Å². The van der Waals surface area contributed by atoms with Crippen LogP contribution in [0.1, 0.15) is 0 Å². The van der Waals surface area contributed by atoms with Crippen LogP contribution < -0.4 is 0 Å². The Morgan fingerprint density at radius 2 is 1.86 bits per heavy atom. The molecule has 1 aliphatic heterocycles. The molecule has 0 aliphatic carbocycles. The molecule has 0 atom stereocenters. The van der Waals surface area contributed by atoms with Crippen LogP contribution in [0.25, 0.3) is 0 Å². The van der Waals surface area contributed by atoms with Crippen LogP contribution in [0.3, 0.4) is 0 Å². The number of methoxy groups -OCH3 is 2. The monoisotopic (exact) mass is 104 g/mol. The van der Waals surface area contributed by atoms with Gasteiger partial charge < -0.3 is 14.2 Å². The zero-order valence-electron chi connectivity index (χ0n) is 4.43. The highest BCUT2D eigenvalue weighted by molar-refractivity contribution is 4.67. The van der Waals surface area contributed by atoms with Crippen LogP contribution in [-0.4, -0.2) is 26.8 Å². The van der Waals surface area contributed by atoms with Crippen molar-refractivity contribution in [2.24, 2.45) is 0 Å². The van der Waals surface area contributed by atoms with Gasteiger partial charge in [0.25, 0.3) is 0 Å². The third-order valence-corrected chi connectivity index (χ3v) is 1.00. The number of epoxide rings is 1. The molecule has 0 amide bonds. The quantitative estimate of drug-likeness (QED) is 0.364. The predicted octanol–water partition coefficient (Wildman–Crippen LogP) is -0.0368. The van der Waals surface area contributed by atoms with Gasteiger partial charge in [0.05, 0.1) is 0 Å². The summed E-state index contributed by atoms with van der Waals surface area (Å²) in [5.41, 5.74) is 0. The van der Waals surface area contributed by atoms with Crippen molar-refractivity contribution in [3.05, 3.63) is 0 Å². The molecule has 0 bridgehead atoms. The summed E-state index contributed by atoms with van der Waals surface area (Å²) in [7, 11) is 3.10. The first-order chi connectivity index (χ1) is 3.33. The molecule has 0 aromatic heterocycles. The van der Waals surface area contributed by atoms with Crippen LogP contribution in [0.2, 0.25) is 0 Å². The molecule has 1 fully saturated rings. The molecule has 0 saturated carbocycles. The Morgan fingerprint density at radius 3 is 1.86 bits per heavy atom. The van der Waals surface area contributed by atoms with Gasteiger partial charge in [-0.3, -0.25) is 0 Å². The second-order valence-corrected chi connectivity index (χ2v) is 1.38. The standard InChI is InChI=1S/C4H8O3/c1-5-4(6-2)3-7-4/h3H2,1-2H3. The molecule has 1 aliphatic rings. The summed E-state index contributed by atoms with van der Waals surface area (Å²) in [6.07, 6.45) is 0. The molecule has 0 N–H and O–H groups in total. The van der Waals surface area contributed by atoms with Gasteiger partial charge in [0.1, 0.15) is 6.61 Å². The van der Waals surface area contributed by atoms with E-state index in [9.17, 15) is 0 Å². The van der Waals surface area contributed by atoms with Gasteiger partial charge in [0.15, 0.2) is 0 Å². The summed E-state index contributed by atoms with van der Waals surface area (Å²) in [4.78, 5) is 0. The molecule has 0 aromatic carbocycles. The molecule has 42 valence electrons.